The lowest BCUT2D eigenvalue weighted by molar-refractivity contribution is -0.118. The lowest BCUT2D eigenvalue weighted by Gasteiger charge is -2.23. The number of ether oxygens (including phenoxy) is 1. The van der Waals surface area contributed by atoms with Crippen LogP contribution in [0.3, 0.4) is 0 Å². The Morgan fingerprint density at radius 1 is 1.19 bits per heavy atom. The van der Waals surface area contributed by atoms with Crippen LogP contribution in [0.4, 0.5) is 5.13 Å². The number of carbonyl (C=O) groups is 1. The molecular weight excluding hydrogens is 428 g/mol. The first kappa shape index (κ1) is 20.4. The second-order valence-electron chi connectivity index (χ2n) is 7.99. The second kappa shape index (κ2) is 8.58. The molecule has 1 aliphatic rings. The number of fused-ring (bicyclic) bond motifs is 2. The van der Waals surface area contributed by atoms with E-state index in [0.29, 0.717) is 23.1 Å². The minimum atomic E-state index is 0.0275. The maximum Gasteiger partial charge on any atom is 0.233 e. The molecule has 1 aliphatic heterocycles. The van der Waals surface area contributed by atoms with E-state index in [0.717, 1.165) is 51.6 Å². The highest BCUT2D eigenvalue weighted by Gasteiger charge is 2.27. The molecule has 1 aromatic heterocycles. The van der Waals surface area contributed by atoms with Crippen LogP contribution in [0.5, 0.6) is 0 Å². The van der Waals surface area contributed by atoms with Crippen molar-refractivity contribution in [2.24, 2.45) is 0 Å². The molecule has 4 nitrogen and oxygen atoms in total. The summed E-state index contributed by atoms with van der Waals surface area (Å²) < 4.78 is 6.78. The highest BCUT2D eigenvalue weighted by molar-refractivity contribution is 7.23. The van der Waals surface area contributed by atoms with Crippen LogP contribution in [-0.2, 0) is 16.0 Å². The summed E-state index contributed by atoms with van der Waals surface area (Å²) in [6.45, 7) is 3.28. The molecule has 0 radical (unpaired) electrons. The van der Waals surface area contributed by atoms with Crippen LogP contribution in [0, 0.1) is 6.92 Å². The lowest BCUT2D eigenvalue weighted by Crippen LogP contribution is -2.38. The molecule has 0 N–H and O–H groups in total. The van der Waals surface area contributed by atoms with E-state index in [1.54, 1.807) is 4.90 Å². The molecule has 5 rings (SSSR count). The number of amides is 1. The van der Waals surface area contributed by atoms with Crippen molar-refractivity contribution >= 4 is 55.0 Å². The Bertz CT molecular complexity index is 1220. The molecule has 0 aliphatic carbocycles. The fraction of sp³-hybridized carbons (Fsp3) is 0.280. The molecule has 4 aromatic rings. The third-order valence-corrected chi connectivity index (χ3v) is 7.39. The third kappa shape index (κ3) is 4.05. The summed E-state index contributed by atoms with van der Waals surface area (Å²) in [6, 6.07) is 18.2. The molecule has 1 unspecified atom stereocenters. The molecule has 2 heterocycles. The maximum absolute atomic E-state index is 13.6. The van der Waals surface area contributed by atoms with Gasteiger partial charge in [-0.25, -0.2) is 4.98 Å². The molecule has 1 saturated heterocycles. The zero-order valence-corrected chi connectivity index (χ0v) is 18.9. The molecule has 1 fully saturated rings. The van der Waals surface area contributed by atoms with E-state index in [2.05, 4.69) is 18.2 Å². The van der Waals surface area contributed by atoms with Gasteiger partial charge in [0.15, 0.2) is 5.13 Å². The van der Waals surface area contributed by atoms with Crippen LogP contribution >= 0.6 is 22.9 Å². The van der Waals surface area contributed by atoms with Crippen LogP contribution in [0.2, 0.25) is 5.02 Å². The van der Waals surface area contributed by atoms with Crippen LogP contribution in [-0.4, -0.2) is 30.1 Å². The minimum absolute atomic E-state index is 0.0275. The predicted octanol–water partition coefficient (Wildman–Crippen LogP) is 6.17. The summed E-state index contributed by atoms with van der Waals surface area (Å²) in [4.78, 5) is 20.2. The van der Waals surface area contributed by atoms with Gasteiger partial charge in [-0.05, 0) is 47.7 Å². The number of aryl methyl sites for hydroxylation is 1. The van der Waals surface area contributed by atoms with Crippen molar-refractivity contribution in [3.8, 4) is 0 Å². The maximum atomic E-state index is 13.6. The normalized spacial score (nSPS) is 16.3. The van der Waals surface area contributed by atoms with E-state index in [4.69, 9.17) is 21.3 Å². The van der Waals surface area contributed by atoms with Gasteiger partial charge in [-0.15, -0.1) is 0 Å². The van der Waals surface area contributed by atoms with Gasteiger partial charge in [0.05, 0.1) is 34.3 Å². The van der Waals surface area contributed by atoms with Crippen molar-refractivity contribution in [2.45, 2.75) is 32.3 Å². The van der Waals surface area contributed by atoms with E-state index in [-0.39, 0.29) is 12.0 Å². The van der Waals surface area contributed by atoms with Crippen molar-refractivity contribution < 1.29 is 9.53 Å². The minimum Gasteiger partial charge on any atom is -0.376 e. The molecule has 158 valence electrons. The van der Waals surface area contributed by atoms with Gasteiger partial charge in [0.2, 0.25) is 5.91 Å². The smallest absolute Gasteiger partial charge is 0.233 e. The monoisotopic (exact) mass is 450 g/mol. The van der Waals surface area contributed by atoms with Gasteiger partial charge in [0.25, 0.3) is 0 Å². The SMILES string of the molecule is Cc1ccc(Cl)c2sc(N(CC3CCCO3)C(=O)Cc3cccc4ccccc34)nc12. The van der Waals surface area contributed by atoms with Gasteiger partial charge in [0.1, 0.15) is 0 Å². The van der Waals surface area contributed by atoms with Gasteiger partial charge in [-0.3, -0.25) is 9.69 Å². The Balaban J connectivity index is 1.52. The highest BCUT2D eigenvalue weighted by atomic mass is 35.5. The Kier molecular flexibility index (Phi) is 5.65. The van der Waals surface area contributed by atoms with Gasteiger partial charge in [-0.2, -0.15) is 0 Å². The number of benzene rings is 3. The van der Waals surface area contributed by atoms with Crippen LogP contribution < -0.4 is 4.90 Å². The highest BCUT2D eigenvalue weighted by Crippen LogP contribution is 2.36. The molecule has 0 saturated carbocycles. The molecule has 0 bridgehead atoms. The lowest BCUT2D eigenvalue weighted by atomic mass is 10.0. The number of carbonyl (C=O) groups excluding carboxylic acids is 1. The van der Waals surface area contributed by atoms with E-state index in [1.807, 2.05) is 43.3 Å². The summed E-state index contributed by atoms with van der Waals surface area (Å²) in [7, 11) is 0. The zero-order chi connectivity index (χ0) is 21.4. The molecule has 0 spiro atoms. The van der Waals surface area contributed by atoms with E-state index in [9.17, 15) is 4.79 Å². The van der Waals surface area contributed by atoms with Crippen LogP contribution in [0.1, 0.15) is 24.0 Å². The summed E-state index contributed by atoms with van der Waals surface area (Å²) in [5, 5.41) is 3.61. The quantitative estimate of drug-likeness (QED) is 0.365. The molecular formula is C25H23ClN2O2S. The summed E-state index contributed by atoms with van der Waals surface area (Å²) in [5.74, 6) is 0.0275. The van der Waals surface area contributed by atoms with Crippen molar-refractivity contribution in [3.05, 3.63) is 70.7 Å². The Hall–Kier alpha value is -2.47. The number of aromatic nitrogens is 1. The number of rotatable bonds is 5. The van der Waals surface area contributed by atoms with E-state index < -0.39 is 0 Å². The van der Waals surface area contributed by atoms with Crippen molar-refractivity contribution in [3.63, 3.8) is 0 Å². The van der Waals surface area contributed by atoms with Crippen molar-refractivity contribution in [1.29, 1.82) is 0 Å². The van der Waals surface area contributed by atoms with Crippen molar-refractivity contribution in [2.75, 3.05) is 18.1 Å². The van der Waals surface area contributed by atoms with Gasteiger partial charge in [-0.1, -0.05) is 71.5 Å². The number of thiazole rings is 1. The van der Waals surface area contributed by atoms with Crippen molar-refractivity contribution in [1.82, 2.24) is 4.98 Å². The van der Waals surface area contributed by atoms with Gasteiger partial charge >= 0.3 is 0 Å². The molecule has 31 heavy (non-hydrogen) atoms. The van der Waals surface area contributed by atoms with E-state index in [1.165, 1.54) is 11.3 Å². The van der Waals surface area contributed by atoms with Gasteiger partial charge < -0.3 is 4.74 Å². The number of halogens is 1. The first-order valence-electron chi connectivity index (χ1n) is 10.5. The average molecular weight is 451 g/mol. The largest absolute Gasteiger partial charge is 0.376 e. The number of hydrogen-bond acceptors (Lipinski definition) is 4. The Labute approximate surface area is 190 Å². The predicted molar refractivity (Wildman–Crippen MR) is 128 cm³/mol. The fourth-order valence-electron chi connectivity index (χ4n) is 4.19. The molecule has 1 atom stereocenters. The molecule has 1 amide bonds. The van der Waals surface area contributed by atoms with Crippen LogP contribution in [0.15, 0.2) is 54.6 Å². The first-order valence-corrected chi connectivity index (χ1v) is 11.7. The average Bonchev–Trinajstić information content (AvgIpc) is 3.45. The summed E-state index contributed by atoms with van der Waals surface area (Å²) in [6.07, 6.45) is 2.35. The third-order valence-electron chi connectivity index (χ3n) is 5.85. The van der Waals surface area contributed by atoms with Gasteiger partial charge in [0, 0.05) is 6.61 Å². The first-order chi connectivity index (χ1) is 15.1. The van der Waals surface area contributed by atoms with Crippen LogP contribution in [0.25, 0.3) is 21.0 Å². The topological polar surface area (TPSA) is 42.4 Å². The van der Waals surface area contributed by atoms with E-state index >= 15 is 0 Å². The molecule has 3 aromatic carbocycles. The molecule has 6 heteroatoms. The Morgan fingerprint density at radius 2 is 2.03 bits per heavy atom. The summed E-state index contributed by atoms with van der Waals surface area (Å²) in [5.41, 5.74) is 2.94. The zero-order valence-electron chi connectivity index (χ0n) is 17.3. The standard InChI is InChI=1S/C25H23ClN2O2S/c1-16-11-12-21(26)24-23(16)27-25(31-24)28(15-19-9-5-13-30-19)22(29)14-18-8-4-7-17-6-2-3-10-20(17)18/h2-4,6-8,10-12,19H,5,9,13-15H2,1H3. The second-order valence-corrected chi connectivity index (χ2v) is 9.38. The Morgan fingerprint density at radius 3 is 2.84 bits per heavy atom. The summed E-state index contributed by atoms with van der Waals surface area (Å²) >= 11 is 7.91. The fourth-order valence-corrected chi connectivity index (χ4v) is 5.53. The number of hydrogen-bond donors (Lipinski definition) is 0. The number of nitrogens with zero attached hydrogens (tertiary/aromatic N) is 2. The number of anilines is 1.